The highest BCUT2D eigenvalue weighted by atomic mass is 79.9. The zero-order chi connectivity index (χ0) is 15.4. The predicted molar refractivity (Wildman–Crippen MR) is 76.4 cm³/mol. The third-order valence-corrected chi connectivity index (χ3v) is 4.60. The van der Waals surface area contributed by atoms with Gasteiger partial charge in [0.1, 0.15) is 10.7 Å². The van der Waals surface area contributed by atoms with E-state index in [2.05, 4.69) is 20.7 Å². The van der Waals surface area contributed by atoms with Crippen molar-refractivity contribution in [1.82, 2.24) is 4.72 Å². The first kappa shape index (κ1) is 17.5. The van der Waals surface area contributed by atoms with E-state index in [1.54, 1.807) is 0 Å². The fourth-order valence-corrected chi connectivity index (χ4v) is 2.98. The summed E-state index contributed by atoms with van der Waals surface area (Å²) in [5.41, 5.74) is -1.27. The molecule has 0 aliphatic rings. The lowest BCUT2D eigenvalue weighted by Gasteiger charge is -2.23. The molecule has 2 N–H and O–H groups in total. The normalized spacial score (nSPS) is 15.1. The molecule has 0 bridgehead atoms. The fourth-order valence-electron chi connectivity index (χ4n) is 1.43. The van der Waals surface area contributed by atoms with E-state index in [-0.39, 0.29) is 13.0 Å². The largest absolute Gasteiger partial charge is 0.389 e. The molecule has 0 aliphatic carbocycles. The van der Waals surface area contributed by atoms with Gasteiger partial charge in [0.2, 0.25) is 10.0 Å². The van der Waals surface area contributed by atoms with E-state index in [9.17, 15) is 17.9 Å². The van der Waals surface area contributed by atoms with Crippen molar-refractivity contribution in [3.8, 4) is 0 Å². The zero-order valence-corrected chi connectivity index (χ0v) is 13.6. The Bertz CT molecular complexity index is 563. The van der Waals surface area contributed by atoms with Crippen molar-refractivity contribution in [3.05, 3.63) is 28.5 Å². The fraction of sp³-hybridized carbons (Fsp3) is 0.500. The molecule has 5 nitrogen and oxygen atoms in total. The first-order valence-electron chi connectivity index (χ1n) is 5.84. The Balaban J connectivity index is 2.80. The number of rotatable bonds is 7. The van der Waals surface area contributed by atoms with Crippen LogP contribution in [-0.4, -0.2) is 39.4 Å². The second kappa shape index (κ2) is 6.95. The summed E-state index contributed by atoms with van der Waals surface area (Å²) in [4.78, 5) is -0.455. The Hall–Kier alpha value is -0.540. The monoisotopic (exact) mass is 369 g/mol. The van der Waals surface area contributed by atoms with Crippen LogP contribution in [0, 0.1) is 5.82 Å². The predicted octanol–water partition coefficient (Wildman–Crippen LogP) is 1.65. The summed E-state index contributed by atoms with van der Waals surface area (Å²) in [6.07, 6.45) is 0.259. The molecule has 0 heterocycles. The van der Waals surface area contributed by atoms with Crippen molar-refractivity contribution in [1.29, 1.82) is 0 Å². The molecule has 0 saturated carbocycles. The molecule has 1 unspecified atom stereocenters. The van der Waals surface area contributed by atoms with Gasteiger partial charge >= 0.3 is 0 Å². The Morgan fingerprint density at radius 1 is 1.50 bits per heavy atom. The zero-order valence-electron chi connectivity index (χ0n) is 11.2. The summed E-state index contributed by atoms with van der Waals surface area (Å²) < 4.78 is 45.1. The highest BCUT2D eigenvalue weighted by Gasteiger charge is 2.25. The molecule has 0 radical (unpaired) electrons. The van der Waals surface area contributed by atoms with Crippen molar-refractivity contribution < 1.29 is 22.7 Å². The summed E-state index contributed by atoms with van der Waals surface area (Å²) in [5, 5.41) is 9.96. The number of hydrogen-bond acceptors (Lipinski definition) is 4. The second-order valence-corrected chi connectivity index (χ2v) is 7.29. The van der Waals surface area contributed by atoms with E-state index in [0.29, 0.717) is 11.1 Å². The maximum atomic E-state index is 13.6. The average Bonchev–Trinajstić information content (AvgIpc) is 2.34. The molecule has 1 aromatic carbocycles. The standard InChI is InChI=1S/C12H17BrFNO4S/c1-12(16,5-6-19-2)8-15-20(17,18)11-4-3-9(13)7-10(11)14/h3-4,7,15-16H,5-6,8H2,1-2H3. The summed E-state index contributed by atoms with van der Waals surface area (Å²) in [6, 6.07) is 3.66. The van der Waals surface area contributed by atoms with Crippen LogP contribution in [0.25, 0.3) is 0 Å². The minimum atomic E-state index is -4.01. The Morgan fingerprint density at radius 3 is 2.70 bits per heavy atom. The minimum absolute atomic E-state index is 0.228. The number of sulfonamides is 1. The highest BCUT2D eigenvalue weighted by Crippen LogP contribution is 2.19. The van der Waals surface area contributed by atoms with Crippen molar-refractivity contribution in [2.24, 2.45) is 0 Å². The maximum Gasteiger partial charge on any atom is 0.243 e. The lowest BCUT2D eigenvalue weighted by atomic mass is 10.0. The van der Waals surface area contributed by atoms with E-state index in [0.717, 1.165) is 12.1 Å². The molecule has 1 atom stereocenters. The van der Waals surface area contributed by atoms with Crippen molar-refractivity contribution in [2.45, 2.75) is 23.8 Å². The molecule has 0 spiro atoms. The molecule has 114 valence electrons. The lowest BCUT2D eigenvalue weighted by Crippen LogP contribution is -2.41. The molecule has 0 fully saturated rings. The van der Waals surface area contributed by atoms with Crippen LogP contribution in [0.1, 0.15) is 13.3 Å². The number of aliphatic hydroxyl groups is 1. The number of hydrogen-bond donors (Lipinski definition) is 2. The SMILES string of the molecule is COCCC(C)(O)CNS(=O)(=O)c1ccc(Br)cc1F. The summed E-state index contributed by atoms with van der Waals surface area (Å²) in [7, 11) is -2.53. The number of methoxy groups -OCH3 is 1. The Morgan fingerprint density at radius 2 is 2.15 bits per heavy atom. The van der Waals surface area contributed by atoms with Gasteiger partial charge in [-0.15, -0.1) is 0 Å². The minimum Gasteiger partial charge on any atom is -0.389 e. The molecule has 0 saturated heterocycles. The summed E-state index contributed by atoms with van der Waals surface area (Å²) in [6.45, 7) is 1.54. The smallest absolute Gasteiger partial charge is 0.243 e. The van der Waals surface area contributed by atoms with Gasteiger partial charge in [-0.25, -0.2) is 17.5 Å². The van der Waals surface area contributed by atoms with Gasteiger partial charge in [-0.3, -0.25) is 0 Å². The topological polar surface area (TPSA) is 75.6 Å². The molecule has 0 aliphatic heterocycles. The quantitative estimate of drug-likeness (QED) is 0.766. The molecular weight excluding hydrogens is 353 g/mol. The van der Waals surface area contributed by atoms with Gasteiger partial charge in [-0.1, -0.05) is 15.9 Å². The van der Waals surface area contributed by atoms with E-state index < -0.39 is 26.3 Å². The van der Waals surface area contributed by atoms with Crippen LogP contribution in [0.5, 0.6) is 0 Å². The third-order valence-electron chi connectivity index (χ3n) is 2.67. The number of benzene rings is 1. The van der Waals surface area contributed by atoms with E-state index in [1.807, 2.05) is 0 Å². The summed E-state index contributed by atoms with van der Waals surface area (Å²) in [5.74, 6) is -0.858. The molecule has 0 aromatic heterocycles. The molecular formula is C12H17BrFNO4S. The molecule has 0 amide bonds. The second-order valence-electron chi connectivity index (χ2n) is 4.64. The number of halogens is 2. The average molecular weight is 370 g/mol. The first-order chi connectivity index (χ1) is 9.18. The number of nitrogens with one attached hydrogen (secondary N) is 1. The van der Waals surface area contributed by atoms with Crippen LogP contribution in [0.15, 0.2) is 27.6 Å². The van der Waals surface area contributed by atoms with Crippen molar-refractivity contribution >= 4 is 26.0 Å². The van der Waals surface area contributed by atoms with E-state index >= 15 is 0 Å². The molecule has 8 heteroatoms. The van der Waals surface area contributed by atoms with Crippen LogP contribution >= 0.6 is 15.9 Å². The lowest BCUT2D eigenvalue weighted by molar-refractivity contribution is 0.0292. The summed E-state index contributed by atoms with van der Waals surface area (Å²) >= 11 is 3.05. The number of ether oxygens (including phenoxy) is 1. The molecule has 1 aromatic rings. The highest BCUT2D eigenvalue weighted by molar-refractivity contribution is 9.10. The van der Waals surface area contributed by atoms with Gasteiger partial charge in [0.05, 0.1) is 5.60 Å². The maximum absolute atomic E-state index is 13.6. The van der Waals surface area contributed by atoms with Gasteiger partial charge in [0, 0.05) is 31.2 Å². The van der Waals surface area contributed by atoms with E-state index in [1.165, 1.54) is 20.1 Å². The van der Waals surface area contributed by atoms with Crippen molar-refractivity contribution in [3.63, 3.8) is 0 Å². The van der Waals surface area contributed by atoms with Crippen LogP contribution in [0.3, 0.4) is 0 Å². The van der Waals surface area contributed by atoms with Gasteiger partial charge in [-0.2, -0.15) is 0 Å². The Labute approximate surface area is 126 Å². The van der Waals surface area contributed by atoms with Gasteiger partial charge < -0.3 is 9.84 Å². The van der Waals surface area contributed by atoms with Crippen LogP contribution in [0.2, 0.25) is 0 Å². The van der Waals surface area contributed by atoms with Crippen LogP contribution in [-0.2, 0) is 14.8 Å². The van der Waals surface area contributed by atoms with Crippen LogP contribution < -0.4 is 4.72 Å². The third kappa shape index (κ3) is 5.10. The van der Waals surface area contributed by atoms with Crippen molar-refractivity contribution in [2.75, 3.05) is 20.3 Å². The van der Waals surface area contributed by atoms with Gasteiger partial charge in [0.25, 0.3) is 0 Å². The van der Waals surface area contributed by atoms with Crippen LogP contribution in [0.4, 0.5) is 4.39 Å². The van der Waals surface area contributed by atoms with E-state index in [4.69, 9.17) is 4.74 Å². The first-order valence-corrected chi connectivity index (χ1v) is 8.11. The molecule has 1 rings (SSSR count). The van der Waals surface area contributed by atoms with Gasteiger partial charge in [0.15, 0.2) is 0 Å². The Kier molecular flexibility index (Phi) is 6.08. The molecule has 20 heavy (non-hydrogen) atoms. The van der Waals surface area contributed by atoms with Gasteiger partial charge in [-0.05, 0) is 25.1 Å².